The maximum absolute atomic E-state index is 13.4. The third-order valence-corrected chi connectivity index (χ3v) is 3.76. The van der Waals surface area contributed by atoms with Crippen LogP contribution in [0.3, 0.4) is 0 Å². The van der Waals surface area contributed by atoms with Gasteiger partial charge >= 0.3 is 0 Å². The minimum atomic E-state index is -0.336. The topological polar surface area (TPSA) is 68.0 Å². The van der Waals surface area contributed by atoms with E-state index < -0.39 is 0 Å². The fourth-order valence-electron chi connectivity index (χ4n) is 1.68. The summed E-state index contributed by atoms with van der Waals surface area (Å²) < 4.78 is 18.4. The molecule has 1 unspecified atom stereocenters. The third kappa shape index (κ3) is 4.56. The first kappa shape index (κ1) is 15.5. The number of aromatic nitrogens is 2. The van der Waals surface area contributed by atoms with Crippen molar-refractivity contribution in [1.29, 1.82) is 0 Å². The maximum atomic E-state index is 13.4. The maximum Gasteiger partial charge on any atom is 0.248 e. The zero-order valence-corrected chi connectivity index (χ0v) is 12.6. The van der Waals surface area contributed by atoms with E-state index in [0.717, 1.165) is 0 Å². The number of rotatable bonds is 6. The highest BCUT2D eigenvalue weighted by molar-refractivity contribution is 7.99. The lowest BCUT2D eigenvalue weighted by Gasteiger charge is -2.09. The molecule has 0 saturated carbocycles. The average Bonchev–Trinajstić information content (AvgIpc) is 2.88. The van der Waals surface area contributed by atoms with E-state index in [1.54, 1.807) is 32.0 Å². The van der Waals surface area contributed by atoms with Crippen molar-refractivity contribution >= 4 is 17.7 Å². The molecule has 0 fully saturated rings. The van der Waals surface area contributed by atoms with E-state index in [0.29, 0.717) is 22.4 Å². The zero-order chi connectivity index (χ0) is 15.2. The van der Waals surface area contributed by atoms with Gasteiger partial charge in [0.2, 0.25) is 11.8 Å². The van der Waals surface area contributed by atoms with Gasteiger partial charge in [-0.1, -0.05) is 17.3 Å². The Morgan fingerprint density at radius 1 is 1.48 bits per heavy atom. The van der Waals surface area contributed by atoms with Crippen molar-refractivity contribution in [2.45, 2.75) is 31.2 Å². The van der Waals surface area contributed by atoms with Gasteiger partial charge in [-0.25, -0.2) is 4.39 Å². The van der Waals surface area contributed by atoms with Gasteiger partial charge in [0.15, 0.2) is 5.82 Å². The summed E-state index contributed by atoms with van der Waals surface area (Å²) in [5.74, 6) is 1.01. The Labute approximate surface area is 126 Å². The number of benzene rings is 1. The van der Waals surface area contributed by atoms with Gasteiger partial charge in [-0.15, -0.1) is 11.8 Å². The molecule has 1 N–H and O–H groups in total. The zero-order valence-electron chi connectivity index (χ0n) is 11.8. The van der Waals surface area contributed by atoms with Crippen molar-refractivity contribution in [2.24, 2.45) is 0 Å². The van der Waals surface area contributed by atoms with Crippen LogP contribution in [0.1, 0.15) is 31.1 Å². The minimum Gasteiger partial charge on any atom is -0.345 e. The molecule has 2 aromatic rings. The van der Waals surface area contributed by atoms with Gasteiger partial charge in [0.1, 0.15) is 11.9 Å². The molecule has 0 saturated heterocycles. The second-order valence-corrected chi connectivity index (χ2v) is 5.63. The van der Waals surface area contributed by atoms with E-state index in [1.807, 2.05) is 0 Å². The Hall–Kier alpha value is -1.89. The van der Waals surface area contributed by atoms with Crippen LogP contribution in [0.5, 0.6) is 0 Å². The molecule has 1 aromatic carbocycles. The van der Waals surface area contributed by atoms with Crippen molar-refractivity contribution in [2.75, 3.05) is 5.75 Å². The normalized spacial score (nSPS) is 12.1. The molecule has 2 rings (SSSR count). The summed E-state index contributed by atoms with van der Waals surface area (Å²) in [6, 6.07) is 6.17. The Morgan fingerprint density at radius 2 is 2.24 bits per heavy atom. The Kier molecular flexibility index (Phi) is 5.32. The largest absolute Gasteiger partial charge is 0.345 e. The van der Waals surface area contributed by atoms with E-state index in [2.05, 4.69) is 15.5 Å². The lowest BCUT2D eigenvalue weighted by atomic mass is 10.3. The molecule has 0 aliphatic heterocycles. The van der Waals surface area contributed by atoms with E-state index in [9.17, 15) is 9.18 Å². The molecule has 1 heterocycles. The molecule has 0 radical (unpaired) electrons. The predicted octanol–water partition coefficient (Wildman–Crippen LogP) is 2.88. The lowest BCUT2D eigenvalue weighted by Crippen LogP contribution is -2.27. The summed E-state index contributed by atoms with van der Waals surface area (Å²) in [6.45, 7) is 3.49. The van der Waals surface area contributed by atoms with E-state index in [1.165, 1.54) is 17.8 Å². The van der Waals surface area contributed by atoms with E-state index in [-0.39, 0.29) is 24.2 Å². The molecule has 0 bridgehead atoms. The first-order chi connectivity index (χ1) is 10.1. The molecule has 112 valence electrons. The van der Waals surface area contributed by atoms with E-state index >= 15 is 0 Å². The van der Waals surface area contributed by atoms with Crippen molar-refractivity contribution in [3.8, 4) is 0 Å². The van der Waals surface area contributed by atoms with Gasteiger partial charge in [-0.3, -0.25) is 4.79 Å². The van der Waals surface area contributed by atoms with Gasteiger partial charge in [-0.05, 0) is 26.0 Å². The summed E-state index contributed by atoms with van der Waals surface area (Å²) in [5.41, 5.74) is 0. The van der Waals surface area contributed by atoms with Crippen LogP contribution in [-0.4, -0.2) is 21.8 Å². The summed E-state index contributed by atoms with van der Waals surface area (Å²) >= 11 is 1.32. The Balaban J connectivity index is 1.76. The Morgan fingerprint density at radius 3 is 2.90 bits per heavy atom. The summed E-state index contributed by atoms with van der Waals surface area (Å²) in [6.07, 6.45) is 0.288. The first-order valence-corrected chi connectivity index (χ1v) is 7.51. The molecular formula is C14H16FN3O2S. The number of aryl methyl sites for hydroxylation is 1. The molecule has 0 aliphatic carbocycles. The molecule has 1 amide bonds. The fourth-order valence-corrected chi connectivity index (χ4v) is 2.57. The minimum absolute atomic E-state index is 0.137. The van der Waals surface area contributed by atoms with Crippen LogP contribution < -0.4 is 5.32 Å². The van der Waals surface area contributed by atoms with Crippen LogP contribution >= 0.6 is 11.8 Å². The first-order valence-electron chi connectivity index (χ1n) is 6.53. The molecular weight excluding hydrogens is 293 g/mol. The monoisotopic (exact) mass is 309 g/mol. The van der Waals surface area contributed by atoms with Gasteiger partial charge in [0, 0.05) is 17.1 Å². The second-order valence-electron chi connectivity index (χ2n) is 4.50. The highest BCUT2D eigenvalue weighted by Gasteiger charge is 2.15. The second kappa shape index (κ2) is 7.21. The van der Waals surface area contributed by atoms with Gasteiger partial charge in [0.25, 0.3) is 0 Å². The quantitative estimate of drug-likeness (QED) is 0.831. The number of amides is 1. The molecule has 5 nitrogen and oxygen atoms in total. The highest BCUT2D eigenvalue weighted by atomic mass is 32.2. The van der Waals surface area contributed by atoms with Crippen molar-refractivity contribution in [1.82, 2.24) is 15.5 Å². The van der Waals surface area contributed by atoms with Crippen LogP contribution in [0.2, 0.25) is 0 Å². The van der Waals surface area contributed by atoms with E-state index in [4.69, 9.17) is 4.52 Å². The SMILES string of the molecule is Cc1noc(C(C)NC(=O)CCSc2ccccc2F)n1. The number of thioether (sulfide) groups is 1. The molecule has 0 aliphatic rings. The molecule has 7 heteroatoms. The van der Waals surface area contributed by atoms with Crippen LogP contribution in [0.15, 0.2) is 33.7 Å². The summed E-state index contributed by atoms with van der Waals surface area (Å²) in [4.78, 5) is 16.4. The number of halogens is 1. The predicted molar refractivity (Wildman–Crippen MR) is 77.3 cm³/mol. The fraction of sp³-hybridized carbons (Fsp3) is 0.357. The van der Waals surface area contributed by atoms with Crippen molar-refractivity contribution in [3.63, 3.8) is 0 Å². The number of hydrogen-bond acceptors (Lipinski definition) is 5. The summed E-state index contributed by atoms with van der Waals surface area (Å²) in [5, 5.41) is 6.44. The number of carbonyl (C=O) groups is 1. The number of nitrogens with zero attached hydrogens (tertiary/aromatic N) is 2. The Bertz CT molecular complexity index is 618. The van der Waals surface area contributed by atoms with Gasteiger partial charge < -0.3 is 9.84 Å². The number of nitrogens with one attached hydrogen (secondary N) is 1. The van der Waals surface area contributed by atoms with Crippen LogP contribution in [-0.2, 0) is 4.79 Å². The standard InChI is InChI=1S/C14H16FN3O2S/c1-9(14-17-10(2)18-20-14)16-13(19)7-8-21-12-6-4-3-5-11(12)15/h3-6,9H,7-8H2,1-2H3,(H,16,19). The van der Waals surface area contributed by atoms with Crippen LogP contribution in [0, 0.1) is 12.7 Å². The third-order valence-electron chi connectivity index (χ3n) is 2.71. The lowest BCUT2D eigenvalue weighted by molar-refractivity contribution is -0.121. The average molecular weight is 309 g/mol. The smallest absolute Gasteiger partial charge is 0.248 e. The van der Waals surface area contributed by atoms with Crippen LogP contribution in [0.25, 0.3) is 0 Å². The molecule has 0 spiro atoms. The molecule has 1 atom stereocenters. The van der Waals surface area contributed by atoms with Crippen LogP contribution in [0.4, 0.5) is 4.39 Å². The van der Waals surface area contributed by atoms with Crippen molar-refractivity contribution < 1.29 is 13.7 Å². The highest BCUT2D eigenvalue weighted by Crippen LogP contribution is 2.21. The van der Waals surface area contributed by atoms with Gasteiger partial charge in [-0.2, -0.15) is 4.98 Å². The number of hydrogen-bond donors (Lipinski definition) is 1. The molecule has 21 heavy (non-hydrogen) atoms. The summed E-state index contributed by atoms with van der Waals surface area (Å²) in [7, 11) is 0. The number of carbonyl (C=O) groups excluding carboxylic acids is 1. The van der Waals surface area contributed by atoms with Crippen molar-refractivity contribution in [3.05, 3.63) is 41.8 Å². The molecule has 1 aromatic heterocycles. The van der Waals surface area contributed by atoms with Gasteiger partial charge in [0.05, 0.1) is 0 Å².